The fourth-order valence-corrected chi connectivity index (χ4v) is 6.57. The Bertz CT molecular complexity index is 455. The molecule has 2 heterocycles. The van der Waals surface area contributed by atoms with Crippen molar-refractivity contribution in [2.75, 3.05) is 6.61 Å². The van der Waals surface area contributed by atoms with E-state index in [4.69, 9.17) is 18.0 Å². The summed E-state index contributed by atoms with van der Waals surface area (Å²) in [5.41, 5.74) is 0.395. The molecular formula is C15H24O6Si. The monoisotopic (exact) mass is 328 g/mol. The van der Waals surface area contributed by atoms with Gasteiger partial charge in [0.15, 0.2) is 0 Å². The first kappa shape index (κ1) is 16.1. The maximum atomic E-state index is 11.3. The molecule has 0 amide bonds. The fraction of sp³-hybridized carbons (Fsp3) is 0.800. The zero-order chi connectivity index (χ0) is 15.7. The van der Waals surface area contributed by atoms with Gasteiger partial charge in [-0.15, -0.1) is 0 Å². The molecule has 1 aliphatic carbocycles. The minimum atomic E-state index is -2.70. The van der Waals surface area contributed by atoms with E-state index in [1.165, 1.54) is 0 Å². The van der Waals surface area contributed by atoms with Gasteiger partial charge in [0.05, 0.1) is 18.8 Å². The zero-order valence-electron chi connectivity index (χ0n) is 13.0. The Morgan fingerprint density at radius 1 is 1.27 bits per heavy atom. The third-order valence-electron chi connectivity index (χ3n) is 4.48. The van der Waals surface area contributed by atoms with Crippen LogP contribution in [-0.4, -0.2) is 50.9 Å². The van der Waals surface area contributed by atoms with E-state index < -0.39 is 14.9 Å². The lowest BCUT2D eigenvalue weighted by atomic mass is 9.92. The average Bonchev–Trinajstić information content (AvgIpc) is 3.02. The van der Waals surface area contributed by atoms with Gasteiger partial charge in [-0.2, -0.15) is 0 Å². The normalized spacial score (nSPS) is 40.1. The molecule has 2 aliphatic heterocycles. The van der Waals surface area contributed by atoms with Crippen LogP contribution in [0, 0.1) is 0 Å². The highest BCUT2D eigenvalue weighted by Gasteiger charge is 2.64. The van der Waals surface area contributed by atoms with Gasteiger partial charge in [-0.1, -0.05) is 19.4 Å². The molecule has 2 saturated heterocycles. The van der Waals surface area contributed by atoms with Crippen molar-refractivity contribution in [3.05, 3.63) is 12.2 Å². The second-order valence-electron chi connectivity index (χ2n) is 6.38. The van der Waals surface area contributed by atoms with Crippen LogP contribution >= 0.6 is 0 Å². The molecule has 0 aromatic rings. The molecule has 0 aromatic heterocycles. The number of rotatable bonds is 5. The van der Waals surface area contributed by atoms with Gasteiger partial charge >= 0.3 is 14.8 Å². The molecular weight excluding hydrogens is 304 g/mol. The van der Waals surface area contributed by atoms with Gasteiger partial charge in [0.25, 0.3) is 0 Å². The Labute approximate surface area is 131 Å². The third-order valence-corrected chi connectivity index (χ3v) is 7.37. The van der Waals surface area contributed by atoms with E-state index in [1.807, 2.05) is 0 Å². The molecule has 6 nitrogen and oxygen atoms in total. The van der Waals surface area contributed by atoms with Crippen LogP contribution in [0.4, 0.5) is 0 Å². The standard InChI is InChI=1S/C15H24O6Si/c1-10(2)15(17)18-8-5-9-22-19-12-7-4-3-6-11(16)13(20-22)14(12)21-22/h11-14,16H,1,3-9H2,2H3. The summed E-state index contributed by atoms with van der Waals surface area (Å²) in [6, 6.07) is 0.618. The molecule has 7 heteroatoms. The number of aliphatic hydroxyl groups is 1. The second-order valence-corrected chi connectivity index (χ2v) is 8.95. The lowest BCUT2D eigenvalue weighted by Crippen LogP contribution is -2.50. The number of aliphatic hydroxyl groups excluding tert-OH is 1. The molecule has 5 unspecified atom stereocenters. The molecule has 1 saturated carbocycles. The third kappa shape index (κ3) is 3.14. The minimum absolute atomic E-state index is 0.0540. The van der Waals surface area contributed by atoms with E-state index in [-0.39, 0.29) is 24.3 Å². The molecule has 1 N–H and O–H groups in total. The molecule has 3 fully saturated rings. The van der Waals surface area contributed by atoms with E-state index >= 15 is 0 Å². The van der Waals surface area contributed by atoms with Crippen molar-refractivity contribution < 1.29 is 27.9 Å². The van der Waals surface area contributed by atoms with Crippen molar-refractivity contribution in [3.63, 3.8) is 0 Å². The fourth-order valence-electron chi connectivity index (χ4n) is 3.35. The Morgan fingerprint density at radius 3 is 2.77 bits per heavy atom. The second kappa shape index (κ2) is 6.41. The van der Waals surface area contributed by atoms with Gasteiger partial charge in [0.1, 0.15) is 12.2 Å². The predicted octanol–water partition coefficient (Wildman–Crippen LogP) is 1.55. The maximum absolute atomic E-state index is 11.3. The number of ether oxygens (including phenoxy) is 1. The minimum Gasteiger partial charge on any atom is -0.462 e. The summed E-state index contributed by atoms with van der Waals surface area (Å²) in [5.74, 6) is -0.377. The van der Waals surface area contributed by atoms with Crippen molar-refractivity contribution in [3.8, 4) is 0 Å². The molecule has 124 valence electrons. The van der Waals surface area contributed by atoms with Gasteiger partial charge in [-0.05, 0) is 26.2 Å². The van der Waals surface area contributed by atoms with E-state index in [2.05, 4.69) is 6.58 Å². The number of carbonyl (C=O) groups is 1. The molecule has 0 radical (unpaired) electrons. The summed E-state index contributed by atoms with van der Waals surface area (Å²) >= 11 is 0. The maximum Gasteiger partial charge on any atom is 0.502 e. The van der Waals surface area contributed by atoms with Gasteiger partial charge in [0, 0.05) is 11.6 Å². The van der Waals surface area contributed by atoms with Crippen molar-refractivity contribution in [1.29, 1.82) is 0 Å². The van der Waals surface area contributed by atoms with Crippen LogP contribution in [0.1, 0.15) is 39.0 Å². The number of esters is 1. The summed E-state index contributed by atoms with van der Waals surface area (Å²) in [5, 5.41) is 10.2. The Balaban J connectivity index is 1.54. The van der Waals surface area contributed by atoms with Crippen molar-refractivity contribution >= 4 is 14.8 Å². The highest BCUT2D eigenvalue weighted by Crippen LogP contribution is 2.44. The number of fused-ring (bicyclic) bond motifs is 1. The van der Waals surface area contributed by atoms with Crippen molar-refractivity contribution in [2.24, 2.45) is 0 Å². The van der Waals surface area contributed by atoms with E-state index in [9.17, 15) is 9.90 Å². The molecule has 0 aromatic carbocycles. The van der Waals surface area contributed by atoms with Crippen LogP contribution in [0.2, 0.25) is 6.04 Å². The van der Waals surface area contributed by atoms with Crippen LogP contribution in [-0.2, 0) is 22.8 Å². The molecule has 5 atom stereocenters. The van der Waals surface area contributed by atoms with Gasteiger partial charge in [-0.3, -0.25) is 0 Å². The summed E-state index contributed by atoms with van der Waals surface area (Å²) in [6.45, 7) is 5.47. The molecule has 0 spiro atoms. The van der Waals surface area contributed by atoms with Gasteiger partial charge < -0.3 is 23.1 Å². The first-order valence-corrected chi connectivity index (χ1v) is 9.98. The van der Waals surface area contributed by atoms with Crippen LogP contribution in [0.5, 0.6) is 0 Å². The highest BCUT2D eigenvalue weighted by molar-refractivity contribution is 6.62. The van der Waals surface area contributed by atoms with Crippen LogP contribution in [0.25, 0.3) is 0 Å². The van der Waals surface area contributed by atoms with E-state index in [1.54, 1.807) is 6.92 Å². The zero-order valence-corrected chi connectivity index (χ0v) is 14.0. The number of hydrogen-bond acceptors (Lipinski definition) is 6. The van der Waals surface area contributed by atoms with Crippen LogP contribution in [0.3, 0.4) is 0 Å². The summed E-state index contributed by atoms with van der Waals surface area (Å²) in [6.07, 6.45) is 3.63. The summed E-state index contributed by atoms with van der Waals surface area (Å²) in [4.78, 5) is 11.3. The SMILES string of the molecule is C=C(C)C(=O)OCCC[Si]12OC3CCCCC(O)C(O1)C3O2. The quantitative estimate of drug-likeness (QED) is 0.357. The largest absolute Gasteiger partial charge is 0.502 e. The number of carbonyl (C=O) groups excluding carboxylic acids is 1. The Morgan fingerprint density at radius 2 is 2.00 bits per heavy atom. The smallest absolute Gasteiger partial charge is 0.462 e. The highest BCUT2D eigenvalue weighted by atomic mass is 28.4. The van der Waals surface area contributed by atoms with Crippen LogP contribution < -0.4 is 0 Å². The van der Waals surface area contributed by atoms with Gasteiger partial charge in [-0.25, -0.2) is 4.79 Å². The summed E-state index contributed by atoms with van der Waals surface area (Å²) in [7, 11) is -2.70. The molecule has 3 aliphatic rings. The lowest BCUT2D eigenvalue weighted by Gasteiger charge is -2.35. The topological polar surface area (TPSA) is 74.2 Å². The summed E-state index contributed by atoms with van der Waals surface area (Å²) < 4.78 is 23.2. The Kier molecular flexibility index (Phi) is 4.70. The number of hydrogen-bond donors (Lipinski definition) is 1. The van der Waals surface area contributed by atoms with Crippen molar-refractivity contribution in [2.45, 2.75) is 69.5 Å². The van der Waals surface area contributed by atoms with Crippen LogP contribution in [0.15, 0.2) is 12.2 Å². The lowest BCUT2D eigenvalue weighted by molar-refractivity contribution is -0.139. The first-order valence-electron chi connectivity index (χ1n) is 8.05. The molecule has 22 heavy (non-hydrogen) atoms. The predicted molar refractivity (Wildman–Crippen MR) is 80.0 cm³/mol. The molecule has 3 rings (SSSR count). The van der Waals surface area contributed by atoms with E-state index in [0.717, 1.165) is 25.7 Å². The average molecular weight is 328 g/mol. The molecule has 2 bridgehead atoms. The Hall–Kier alpha value is -0.733. The van der Waals surface area contributed by atoms with Gasteiger partial charge in [0.2, 0.25) is 0 Å². The first-order chi connectivity index (χ1) is 10.5. The van der Waals surface area contributed by atoms with Crippen molar-refractivity contribution in [1.82, 2.24) is 0 Å². The van der Waals surface area contributed by atoms with E-state index in [0.29, 0.717) is 24.6 Å².